The van der Waals surface area contributed by atoms with Crippen molar-refractivity contribution in [3.63, 3.8) is 0 Å². The molecule has 0 amide bonds. The summed E-state index contributed by atoms with van der Waals surface area (Å²) in [6.07, 6.45) is 3.12. The van der Waals surface area contributed by atoms with Gasteiger partial charge in [-0.05, 0) is 20.3 Å². The molecule has 0 spiro atoms. The first-order valence-corrected chi connectivity index (χ1v) is 3.45. The Morgan fingerprint density at radius 2 is 2.22 bits per heavy atom. The summed E-state index contributed by atoms with van der Waals surface area (Å²) in [5.41, 5.74) is 0. The summed E-state index contributed by atoms with van der Waals surface area (Å²) < 4.78 is 0. The Morgan fingerprint density at radius 1 is 1.56 bits per heavy atom. The van der Waals surface area contributed by atoms with Crippen LogP contribution in [0.4, 0.5) is 0 Å². The Bertz CT molecular complexity index is 120. The SMILES string of the molecule is CC1CC(C)N(C)C=N1. The highest BCUT2D eigenvalue weighted by atomic mass is 15.2. The van der Waals surface area contributed by atoms with Gasteiger partial charge in [-0.2, -0.15) is 0 Å². The van der Waals surface area contributed by atoms with Crippen molar-refractivity contribution in [2.24, 2.45) is 4.99 Å². The molecule has 0 aromatic carbocycles. The predicted molar refractivity (Wildman–Crippen MR) is 39.8 cm³/mol. The van der Waals surface area contributed by atoms with E-state index in [2.05, 4.69) is 30.8 Å². The molecule has 2 atom stereocenters. The zero-order valence-electron chi connectivity index (χ0n) is 6.33. The lowest BCUT2D eigenvalue weighted by Gasteiger charge is -2.28. The van der Waals surface area contributed by atoms with E-state index in [4.69, 9.17) is 0 Å². The molecule has 2 nitrogen and oxygen atoms in total. The van der Waals surface area contributed by atoms with Gasteiger partial charge in [0.05, 0.1) is 12.4 Å². The molecule has 0 fully saturated rings. The van der Waals surface area contributed by atoms with Crippen LogP contribution in [0.2, 0.25) is 0 Å². The highest BCUT2D eigenvalue weighted by Gasteiger charge is 2.13. The van der Waals surface area contributed by atoms with Gasteiger partial charge in [0.1, 0.15) is 0 Å². The molecule has 1 aliphatic heterocycles. The lowest BCUT2D eigenvalue weighted by atomic mass is 10.1. The minimum absolute atomic E-state index is 0.524. The van der Waals surface area contributed by atoms with E-state index in [1.54, 1.807) is 0 Å². The van der Waals surface area contributed by atoms with Crippen LogP contribution in [0.25, 0.3) is 0 Å². The third-order valence-corrected chi connectivity index (χ3v) is 1.88. The van der Waals surface area contributed by atoms with E-state index < -0.39 is 0 Å². The van der Waals surface area contributed by atoms with Crippen LogP contribution in [0.15, 0.2) is 4.99 Å². The fourth-order valence-corrected chi connectivity index (χ4v) is 1.05. The lowest BCUT2D eigenvalue weighted by molar-refractivity contribution is 0.337. The van der Waals surface area contributed by atoms with Crippen LogP contribution in [0.5, 0.6) is 0 Å². The molecule has 2 heteroatoms. The van der Waals surface area contributed by atoms with Crippen molar-refractivity contribution in [3.8, 4) is 0 Å². The van der Waals surface area contributed by atoms with Gasteiger partial charge in [-0.15, -0.1) is 0 Å². The van der Waals surface area contributed by atoms with Crippen LogP contribution in [-0.4, -0.2) is 30.4 Å². The van der Waals surface area contributed by atoms with E-state index >= 15 is 0 Å². The van der Waals surface area contributed by atoms with E-state index in [0.717, 1.165) is 0 Å². The highest BCUT2D eigenvalue weighted by Crippen LogP contribution is 2.10. The van der Waals surface area contributed by atoms with Gasteiger partial charge >= 0.3 is 0 Å². The largest absolute Gasteiger partial charge is 0.363 e. The Morgan fingerprint density at radius 3 is 2.67 bits per heavy atom. The molecule has 9 heavy (non-hydrogen) atoms. The number of rotatable bonds is 0. The van der Waals surface area contributed by atoms with Crippen LogP contribution in [-0.2, 0) is 0 Å². The molecule has 1 aliphatic rings. The molecule has 0 saturated heterocycles. The van der Waals surface area contributed by atoms with Gasteiger partial charge in [0.2, 0.25) is 0 Å². The molecule has 0 N–H and O–H groups in total. The lowest BCUT2D eigenvalue weighted by Crippen LogP contribution is -2.34. The molecule has 0 bridgehead atoms. The van der Waals surface area contributed by atoms with Gasteiger partial charge in [-0.25, -0.2) is 0 Å². The van der Waals surface area contributed by atoms with Gasteiger partial charge in [-0.3, -0.25) is 4.99 Å². The van der Waals surface area contributed by atoms with Crippen LogP contribution in [0.3, 0.4) is 0 Å². The monoisotopic (exact) mass is 126 g/mol. The highest BCUT2D eigenvalue weighted by molar-refractivity contribution is 5.56. The van der Waals surface area contributed by atoms with Crippen molar-refractivity contribution in [1.82, 2.24) is 4.90 Å². The Balaban J connectivity index is 2.54. The Labute approximate surface area is 56.6 Å². The third kappa shape index (κ3) is 1.44. The zero-order chi connectivity index (χ0) is 6.85. The van der Waals surface area contributed by atoms with Crippen molar-refractivity contribution in [1.29, 1.82) is 0 Å². The van der Waals surface area contributed by atoms with Crippen molar-refractivity contribution in [3.05, 3.63) is 0 Å². The summed E-state index contributed by atoms with van der Waals surface area (Å²) in [5.74, 6) is 0. The van der Waals surface area contributed by atoms with E-state index in [1.807, 2.05) is 6.34 Å². The summed E-state index contributed by atoms with van der Waals surface area (Å²) >= 11 is 0. The molecule has 0 aromatic heterocycles. The fourth-order valence-electron chi connectivity index (χ4n) is 1.05. The summed E-state index contributed by atoms with van der Waals surface area (Å²) in [5, 5.41) is 0. The van der Waals surface area contributed by atoms with E-state index in [0.29, 0.717) is 12.1 Å². The van der Waals surface area contributed by atoms with Gasteiger partial charge in [0.15, 0.2) is 0 Å². The number of aliphatic imine (C=N–C) groups is 1. The second-order valence-electron chi connectivity index (χ2n) is 2.86. The minimum atomic E-state index is 0.524. The van der Waals surface area contributed by atoms with E-state index in [1.165, 1.54) is 6.42 Å². The van der Waals surface area contributed by atoms with Crippen LogP contribution in [0, 0.1) is 0 Å². The van der Waals surface area contributed by atoms with Crippen LogP contribution >= 0.6 is 0 Å². The first kappa shape index (κ1) is 6.59. The molecule has 1 rings (SSSR count). The average Bonchev–Trinajstić information content (AvgIpc) is 1.80. The molecule has 0 aromatic rings. The first-order chi connectivity index (χ1) is 4.20. The average molecular weight is 126 g/mol. The van der Waals surface area contributed by atoms with Crippen LogP contribution in [0.1, 0.15) is 20.3 Å². The molecule has 1 heterocycles. The van der Waals surface area contributed by atoms with Crippen molar-refractivity contribution in [2.75, 3.05) is 7.05 Å². The third-order valence-electron chi connectivity index (χ3n) is 1.88. The molecular weight excluding hydrogens is 112 g/mol. The number of nitrogens with zero attached hydrogens (tertiary/aromatic N) is 2. The molecule has 0 saturated carbocycles. The minimum Gasteiger partial charge on any atom is -0.363 e. The van der Waals surface area contributed by atoms with E-state index in [-0.39, 0.29) is 0 Å². The molecule has 0 radical (unpaired) electrons. The van der Waals surface area contributed by atoms with Crippen molar-refractivity contribution in [2.45, 2.75) is 32.4 Å². The summed E-state index contributed by atoms with van der Waals surface area (Å²) in [4.78, 5) is 6.42. The van der Waals surface area contributed by atoms with Gasteiger partial charge in [0.25, 0.3) is 0 Å². The molecule has 0 aliphatic carbocycles. The quantitative estimate of drug-likeness (QED) is 0.475. The van der Waals surface area contributed by atoms with E-state index in [9.17, 15) is 0 Å². The van der Waals surface area contributed by atoms with Gasteiger partial charge < -0.3 is 4.90 Å². The number of hydrogen-bond acceptors (Lipinski definition) is 2. The maximum atomic E-state index is 4.26. The Kier molecular flexibility index (Phi) is 1.74. The molecule has 52 valence electrons. The first-order valence-electron chi connectivity index (χ1n) is 3.45. The topological polar surface area (TPSA) is 15.6 Å². The maximum Gasteiger partial charge on any atom is 0.0852 e. The summed E-state index contributed by atoms with van der Waals surface area (Å²) in [7, 11) is 2.07. The second-order valence-corrected chi connectivity index (χ2v) is 2.86. The molecule has 2 unspecified atom stereocenters. The summed E-state index contributed by atoms with van der Waals surface area (Å²) in [6, 6.07) is 1.19. The fraction of sp³-hybridized carbons (Fsp3) is 0.857. The van der Waals surface area contributed by atoms with Gasteiger partial charge in [0, 0.05) is 13.1 Å². The van der Waals surface area contributed by atoms with Crippen LogP contribution < -0.4 is 0 Å². The second kappa shape index (κ2) is 2.38. The maximum absolute atomic E-state index is 4.26. The smallest absolute Gasteiger partial charge is 0.0852 e. The van der Waals surface area contributed by atoms with Crippen molar-refractivity contribution >= 4 is 6.34 Å². The van der Waals surface area contributed by atoms with Gasteiger partial charge in [-0.1, -0.05) is 0 Å². The van der Waals surface area contributed by atoms with Crippen molar-refractivity contribution < 1.29 is 0 Å². The zero-order valence-corrected chi connectivity index (χ0v) is 6.33. The Hall–Kier alpha value is -0.530. The summed E-state index contributed by atoms with van der Waals surface area (Å²) in [6.45, 7) is 4.38. The molecular formula is C7H14N2. The standard InChI is InChI=1S/C7H14N2/c1-6-4-7(2)9(3)5-8-6/h5-7H,4H2,1-3H3. The predicted octanol–water partition coefficient (Wildman–Crippen LogP) is 1.13. The number of hydrogen-bond donors (Lipinski definition) is 0. The normalized spacial score (nSPS) is 35.2.